The fourth-order valence-electron chi connectivity index (χ4n) is 3.95. The van der Waals surface area contributed by atoms with Crippen molar-refractivity contribution in [2.75, 3.05) is 51.0 Å². The van der Waals surface area contributed by atoms with E-state index in [2.05, 4.69) is 14.8 Å². The number of nitrogens with two attached hydrogens (primary N) is 1. The van der Waals surface area contributed by atoms with Crippen LogP contribution in [0, 0.1) is 0 Å². The number of hydrogen-bond acceptors (Lipinski definition) is 7. The number of methoxy groups -OCH3 is 2. The van der Waals surface area contributed by atoms with Gasteiger partial charge in [0, 0.05) is 37.1 Å². The Morgan fingerprint density at radius 1 is 1.04 bits per heavy atom. The Balaban J connectivity index is 1.68. The highest BCUT2D eigenvalue weighted by Crippen LogP contribution is 2.34. The van der Waals surface area contributed by atoms with Gasteiger partial charge in [-0.05, 0) is 25.5 Å². The molecule has 2 saturated heterocycles. The minimum Gasteiger partial charge on any atom is -0.493 e. The van der Waals surface area contributed by atoms with Gasteiger partial charge < -0.3 is 20.1 Å². The summed E-state index contributed by atoms with van der Waals surface area (Å²) in [5.74, 6) is 2.47. The molecular weight excluding hydrogens is 318 g/mol. The summed E-state index contributed by atoms with van der Waals surface area (Å²) in [7, 11) is 3.23. The zero-order valence-electron chi connectivity index (χ0n) is 14.9. The third-order valence-electron chi connectivity index (χ3n) is 5.34. The van der Waals surface area contributed by atoms with Crippen molar-refractivity contribution < 1.29 is 9.47 Å². The van der Waals surface area contributed by atoms with Crippen LogP contribution in [0.1, 0.15) is 19.3 Å². The second kappa shape index (κ2) is 6.55. The molecule has 1 unspecified atom stereocenters. The highest BCUT2D eigenvalue weighted by atomic mass is 16.5. The monoisotopic (exact) mass is 343 g/mol. The standard InChI is InChI=1S/C18H25N5O2/c1-24-15-9-13-14(10-16(15)25-2)20-18(21-17(13)19)23-8-7-22-6-4-3-5-12(22)11-23/h9-10,12H,3-8,11H2,1-2H3,(H2,19,20,21). The van der Waals surface area contributed by atoms with Gasteiger partial charge in [0.2, 0.25) is 5.95 Å². The maximum atomic E-state index is 6.23. The lowest BCUT2D eigenvalue weighted by atomic mass is 10.00. The molecule has 2 fully saturated rings. The summed E-state index contributed by atoms with van der Waals surface area (Å²) in [5, 5.41) is 0.790. The van der Waals surface area contributed by atoms with E-state index in [1.54, 1.807) is 14.2 Å². The number of rotatable bonds is 3. The maximum absolute atomic E-state index is 6.23. The molecule has 1 atom stereocenters. The number of hydrogen-bond donors (Lipinski definition) is 1. The van der Waals surface area contributed by atoms with Crippen LogP contribution in [0.25, 0.3) is 10.9 Å². The molecule has 3 heterocycles. The van der Waals surface area contributed by atoms with Gasteiger partial charge in [-0.1, -0.05) is 6.42 Å². The van der Waals surface area contributed by atoms with E-state index in [0.717, 1.165) is 30.5 Å². The van der Waals surface area contributed by atoms with Crippen molar-refractivity contribution in [2.24, 2.45) is 0 Å². The summed E-state index contributed by atoms with van der Waals surface area (Å²) < 4.78 is 10.7. The van der Waals surface area contributed by atoms with E-state index in [1.165, 1.54) is 25.8 Å². The fraction of sp³-hybridized carbons (Fsp3) is 0.556. The lowest BCUT2D eigenvalue weighted by Crippen LogP contribution is -2.55. The largest absolute Gasteiger partial charge is 0.493 e. The molecule has 0 aliphatic carbocycles. The van der Waals surface area contributed by atoms with E-state index in [0.29, 0.717) is 29.3 Å². The second-order valence-corrected chi connectivity index (χ2v) is 6.76. The smallest absolute Gasteiger partial charge is 0.227 e. The van der Waals surface area contributed by atoms with Gasteiger partial charge in [0.15, 0.2) is 11.5 Å². The first-order chi connectivity index (χ1) is 12.2. The van der Waals surface area contributed by atoms with Crippen molar-refractivity contribution in [1.82, 2.24) is 14.9 Å². The molecule has 0 amide bonds. The molecule has 1 aromatic heterocycles. The van der Waals surface area contributed by atoms with Crippen molar-refractivity contribution >= 4 is 22.7 Å². The van der Waals surface area contributed by atoms with Crippen molar-refractivity contribution in [1.29, 1.82) is 0 Å². The Hall–Kier alpha value is -2.28. The van der Waals surface area contributed by atoms with E-state index in [4.69, 9.17) is 20.2 Å². The molecule has 2 aromatic rings. The molecule has 134 valence electrons. The first kappa shape index (κ1) is 16.2. The van der Waals surface area contributed by atoms with E-state index in [-0.39, 0.29) is 0 Å². The molecule has 1 aromatic carbocycles. The topological polar surface area (TPSA) is 76.7 Å². The van der Waals surface area contributed by atoms with Gasteiger partial charge in [-0.3, -0.25) is 4.90 Å². The number of ether oxygens (including phenoxy) is 2. The SMILES string of the molecule is COc1cc2nc(N3CCN4CCCCC4C3)nc(N)c2cc1OC. The van der Waals surface area contributed by atoms with Crippen LogP contribution in [0.3, 0.4) is 0 Å². The molecule has 7 heteroatoms. The summed E-state index contributed by atoms with van der Waals surface area (Å²) in [6.07, 6.45) is 3.88. The van der Waals surface area contributed by atoms with Gasteiger partial charge in [-0.25, -0.2) is 4.98 Å². The van der Waals surface area contributed by atoms with Crippen LogP contribution in [0.2, 0.25) is 0 Å². The van der Waals surface area contributed by atoms with Gasteiger partial charge in [0.1, 0.15) is 5.82 Å². The van der Waals surface area contributed by atoms with Crippen molar-refractivity contribution in [3.05, 3.63) is 12.1 Å². The predicted molar refractivity (Wildman–Crippen MR) is 98.5 cm³/mol. The molecule has 2 aliphatic heterocycles. The minimum absolute atomic E-state index is 0.479. The highest BCUT2D eigenvalue weighted by molar-refractivity contribution is 5.91. The minimum atomic E-state index is 0.479. The van der Waals surface area contributed by atoms with E-state index in [9.17, 15) is 0 Å². The molecule has 0 bridgehead atoms. The van der Waals surface area contributed by atoms with Crippen LogP contribution in [-0.4, -0.2) is 61.3 Å². The molecule has 0 saturated carbocycles. The first-order valence-corrected chi connectivity index (χ1v) is 8.88. The zero-order chi connectivity index (χ0) is 17.4. The fourth-order valence-corrected chi connectivity index (χ4v) is 3.95. The number of aromatic nitrogens is 2. The maximum Gasteiger partial charge on any atom is 0.227 e. The van der Waals surface area contributed by atoms with Crippen LogP contribution < -0.4 is 20.1 Å². The predicted octanol–water partition coefficient (Wildman–Crippen LogP) is 1.90. The van der Waals surface area contributed by atoms with Crippen LogP contribution in [0.15, 0.2) is 12.1 Å². The van der Waals surface area contributed by atoms with E-state index < -0.39 is 0 Å². The van der Waals surface area contributed by atoms with Crippen molar-refractivity contribution in [3.8, 4) is 11.5 Å². The Kier molecular flexibility index (Phi) is 4.25. The van der Waals surface area contributed by atoms with Crippen LogP contribution in [0.5, 0.6) is 11.5 Å². The second-order valence-electron chi connectivity index (χ2n) is 6.76. The Labute approximate surface area is 147 Å². The normalized spacial score (nSPS) is 21.2. The third-order valence-corrected chi connectivity index (χ3v) is 5.34. The summed E-state index contributed by atoms with van der Waals surface area (Å²) >= 11 is 0. The Bertz CT molecular complexity index is 782. The van der Waals surface area contributed by atoms with Crippen molar-refractivity contribution in [3.63, 3.8) is 0 Å². The van der Waals surface area contributed by atoms with Gasteiger partial charge in [0.05, 0.1) is 19.7 Å². The average Bonchev–Trinajstić information content (AvgIpc) is 2.66. The number of fused-ring (bicyclic) bond motifs is 2. The number of anilines is 2. The number of nitrogens with zero attached hydrogens (tertiary/aromatic N) is 4. The van der Waals surface area contributed by atoms with Gasteiger partial charge >= 0.3 is 0 Å². The number of piperidine rings is 1. The van der Waals surface area contributed by atoms with E-state index >= 15 is 0 Å². The zero-order valence-corrected chi connectivity index (χ0v) is 14.9. The lowest BCUT2D eigenvalue weighted by molar-refractivity contribution is 0.133. The summed E-state index contributed by atoms with van der Waals surface area (Å²) in [4.78, 5) is 14.2. The molecule has 0 radical (unpaired) electrons. The van der Waals surface area contributed by atoms with Crippen LogP contribution >= 0.6 is 0 Å². The van der Waals surface area contributed by atoms with Gasteiger partial charge in [-0.15, -0.1) is 0 Å². The summed E-state index contributed by atoms with van der Waals surface area (Å²) in [6.45, 7) is 4.20. The van der Waals surface area contributed by atoms with Gasteiger partial charge in [0.25, 0.3) is 0 Å². The molecule has 2 N–H and O–H groups in total. The molecular formula is C18H25N5O2. The first-order valence-electron chi connectivity index (χ1n) is 8.88. The number of benzene rings is 1. The molecule has 4 rings (SSSR count). The average molecular weight is 343 g/mol. The number of piperazine rings is 1. The lowest BCUT2D eigenvalue weighted by Gasteiger charge is -2.44. The summed E-state index contributed by atoms with van der Waals surface area (Å²) in [6, 6.07) is 4.31. The molecule has 7 nitrogen and oxygen atoms in total. The van der Waals surface area contributed by atoms with Gasteiger partial charge in [-0.2, -0.15) is 4.98 Å². The molecule has 25 heavy (non-hydrogen) atoms. The molecule has 0 spiro atoms. The Morgan fingerprint density at radius 3 is 2.64 bits per heavy atom. The number of nitrogen functional groups attached to an aromatic ring is 1. The molecule has 2 aliphatic rings. The van der Waals surface area contributed by atoms with Crippen LogP contribution in [-0.2, 0) is 0 Å². The van der Waals surface area contributed by atoms with E-state index in [1.807, 2.05) is 12.1 Å². The Morgan fingerprint density at radius 2 is 1.84 bits per heavy atom. The summed E-state index contributed by atoms with van der Waals surface area (Å²) in [5.41, 5.74) is 7.01. The van der Waals surface area contributed by atoms with Crippen LogP contribution in [0.4, 0.5) is 11.8 Å². The quantitative estimate of drug-likeness (QED) is 0.912. The third kappa shape index (κ3) is 2.93. The highest BCUT2D eigenvalue weighted by Gasteiger charge is 2.30. The van der Waals surface area contributed by atoms with Crippen molar-refractivity contribution in [2.45, 2.75) is 25.3 Å².